The lowest BCUT2D eigenvalue weighted by atomic mass is 10.3. The third-order valence-corrected chi connectivity index (χ3v) is 4.73. The number of nitrogens with one attached hydrogen (secondary N) is 2. The van der Waals surface area contributed by atoms with Crippen molar-refractivity contribution < 1.29 is 16.8 Å². The molecule has 0 fully saturated rings. The molecule has 0 spiro atoms. The zero-order valence-corrected chi connectivity index (χ0v) is 10.9. The number of anilines is 1. The molecule has 1 aliphatic heterocycles. The molecule has 1 heterocycles. The number of hydrogen-bond donors (Lipinski definition) is 3. The molecular weight excluding hydrogens is 296 g/mol. The van der Waals surface area contributed by atoms with Crippen molar-refractivity contribution in [3.63, 3.8) is 0 Å². The van der Waals surface area contributed by atoms with Crippen molar-refractivity contribution in [2.75, 3.05) is 12.0 Å². The molecule has 0 saturated carbocycles. The Morgan fingerprint density at radius 3 is 2.68 bits per heavy atom. The highest BCUT2D eigenvalue weighted by molar-refractivity contribution is 7.90. The van der Waals surface area contributed by atoms with Crippen LogP contribution in [0.3, 0.4) is 0 Å². The highest BCUT2D eigenvalue weighted by Crippen LogP contribution is 2.34. The van der Waals surface area contributed by atoms with Gasteiger partial charge in [-0.1, -0.05) is 5.11 Å². The minimum Gasteiger partial charge on any atom is -0.370 e. The van der Waals surface area contributed by atoms with E-state index in [4.69, 9.17) is 10.7 Å². The standard InChI is InChI=1S/C7H8N6O4S2/c8-13-12-5-1-4-7(2-6(5)18(9,14)15)19(16,17)11-3-10-4/h1-2,10-11H,3H2,(H2,9,14,15). The number of nitrogens with two attached hydrogens (primary N) is 1. The molecule has 19 heavy (non-hydrogen) atoms. The molecular formula is C7H8N6O4S2. The second kappa shape index (κ2) is 4.36. The van der Waals surface area contributed by atoms with E-state index in [1.165, 1.54) is 0 Å². The van der Waals surface area contributed by atoms with Crippen molar-refractivity contribution in [1.29, 1.82) is 0 Å². The van der Waals surface area contributed by atoms with Gasteiger partial charge in [0, 0.05) is 4.91 Å². The summed E-state index contributed by atoms with van der Waals surface area (Å²) in [5.41, 5.74) is 8.25. The summed E-state index contributed by atoms with van der Waals surface area (Å²) in [4.78, 5) is 1.64. The molecule has 12 heteroatoms. The van der Waals surface area contributed by atoms with Crippen molar-refractivity contribution in [2.24, 2.45) is 10.3 Å². The van der Waals surface area contributed by atoms with Gasteiger partial charge in [0.05, 0.1) is 22.9 Å². The summed E-state index contributed by atoms with van der Waals surface area (Å²) in [5, 5.41) is 10.8. The van der Waals surface area contributed by atoms with E-state index in [2.05, 4.69) is 20.1 Å². The van der Waals surface area contributed by atoms with E-state index in [9.17, 15) is 16.8 Å². The summed E-state index contributed by atoms with van der Waals surface area (Å²) in [6.07, 6.45) is 0. The maximum atomic E-state index is 11.7. The third-order valence-electron chi connectivity index (χ3n) is 2.35. The van der Waals surface area contributed by atoms with E-state index in [1.807, 2.05) is 0 Å². The van der Waals surface area contributed by atoms with Crippen LogP contribution < -0.4 is 15.2 Å². The summed E-state index contributed by atoms with van der Waals surface area (Å²) >= 11 is 0. The Bertz CT molecular complexity index is 793. The highest BCUT2D eigenvalue weighted by atomic mass is 32.2. The summed E-state index contributed by atoms with van der Waals surface area (Å²) < 4.78 is 48.4. The number of nitrogens with zero attached hydrogens (tertiary/aromatic N) is 3. The molecule has 102 valence electrons. The number of benzene rings is 1. The molecule has 0 aromatic heterocycles. The first-order valence-corrected chi connectivity index (χ1v) is 7.78. The normalized spacial score (nSPS) is 16.9. The van der Waals surface area contributed by atoms with E-state index in [1.54, 1.807) is 0 Å². The zero-order chi connectivity index (χ0) is 14.3. The Labute approximate surface area is 108 Å². The maximum Gasteiger partial charge on any atom is 0.244 e. The Balaban J connectivity index is 2.85. The van der Waals surface area contributed by atoms with Crippen molar-refractivity contribution in [3.8, 4) is 0 Å². The lowest BCUT2D eigenvalue weighted by Gasteiger charge is -2.20. The van der Waals surface area contributed by atoms with Crippen LogP contribution >= 0.6 is 0 Å². The first kappa shape index (κ1) is 13.6. The van der Waals surface area contributed by atoms with Crippen molar-refractivity contribution in [1.82, 2.24) is 4.72 Å². The Kier molecular flexibility index (Phi) is 3.12. The second-order valence-electron chi connectivity index (χ2n) is 3.55. The van der Waals surface area contributed by atoms with Crippen LogP contribution in [0.5, 0.6) is 0 Å². The summed E-state index contributed by atoms with van der Waals surface area (Å²) in [6.45, 7) is -0.0558. The van der Waals surface area contributed by atoms with E-state index in [0.29, 0.717) is 0 Å². The number of azide groups is 1. The molecule has 10 nitrogen and oxygen atoms in total. The predicted octanol–water partition coefficient (Wildman–Crippen LogP) is -0.0629. The molecule has 1 aromatic rings. The number of sulfonamides is 2. The fourth-order valence-corrected chi connectivity index (χ4v) is 3.43. The van der Waals surface area contributed by atoms with Gasteiger partial charge in [0.15, 0.2) is 0 Å². The van der Waals surface area contributed by atoms with Crippen LogP contribution in [-0.2, 0) is 20.0 Å². The molecule has 2 rings (SSSR count). The van der Waals surface area contributed by atoms with Gasteiger partial charge >= 0.3 is 0 Å². The highest BCUT2D eigenvalue weighted by Gasteiger charge is 2.27. The van der Waals surface area contributed by atoms with Gasteiger partial charge < -0.3 is 5.32 Å². The average molecular weight is 304 g/mol. The fraction of sp³-hybridized carbons (Fsp3) is 0.143. The molecule has 0 unspecified atom stereocenters. The smallest absolute Gasteiger partial charge is 0.244 e. The number of hydrogen-bond acceptors (Lipinski definition) is 6. The molecule has 1 aromatic carbocycles. The molecule has 0 saturated heterocycles. The minimum absolute atomic E-state index is 0.0558. The van der Waals surface area contributed by atoms with Gasteiger partial charge in [0.1, 0.15) is 4.90 Å². The van der Waals surface area contributed by atoms with Gasteiger partial charge in [0.25, 0.3) is 0 Å². The molecule has 1 aliphatic rings. The summed E-state index contributed by atoms with van der Waals surface area (Å²) in [7, 11) is -8.05. The van der Waals surface area contributed by atoms with E-state index in [-0.39, 0.29) is 22.9 Å². The first-order chi connectivity index (χ1) is 8.75. The SMILES string of the molecule is [N-]=[N+]=Nc1cc2c(cc1S(N)(=O)=O)S(=O)(=O)NCN2. The number of rotatable bonds is 2. The minimum atomic E-state index is -4.22. The lowest BCUT2D eigenvalue weighted by molar-refractivity contribution is 0.581. The number of primary sulfonamides is 1. The Morgan fingerprint density at radius 2 is 2.11 bits per heavy atom. The predicted molar refractivity (Wildman–Crippen MR) is 65.4 cm³/mol. The second-order valence-corrected chi connectivity index (χ2v) is 6.82. The largest absolute Gasteiger partial charge is 0.370 e. The molecule has 0 radical (unpaired) electrons. The van der Waals surface area contributed by atoms with Crippen LogP contribution in [0.2, 0.25) is 0 Å². The Hall–Kier alpha value is -1.85. The first-order valence-electron chi connectivity index (χ1n) is 4.75. The zero-order valence-electron chi connectivity index (χ0n) is 9.23. The van der Waals surface area contributed by atoms with Crippen molar-refractivity contribution >= 4 is 31.4 Å². The van der Waals surface area contributed by atoms with Crippen LogP contribution in [0.1, 0.15) is 0 Å². The van der Waals surface area contributed by atoms with Gasteiger partial charge in [-0.05, 0) is 17.7 Å². The number of fused-ring (bicyclic) bond motifs is 1. The molecule has 0 amide bonds. The molecule has 0 aliphatic carbocycles. The monoisotopic (exact) mass is 304 g/mol. The van der Waals surface area contributed by atoms with Crippen molar-refractivity contribution in [3.05, 3.63) is 22.6 Å². The van der Waals surface area contributed by atoms with Gasteiger partial charge in [-0.3, -0.25) is 0 Å². The van der Waals surface area contributed by atoms with Crippen LogP contribution in [0, 0.1) is 0 Å². The van der Waals surface area contributed by atoms with Crippen LogP contribution in [-0.4, -0.2) is 23.5 Å². The Morgan fingerprint density at radius 1 is 1.42 bits per heavy atom. The third kappa shape index (κ3) is 2.47. The van der Waals surface area contributed by atoms with E-state index >= 15 is 0 Å². The van der Waals surface area contributed by atoms with Gasteiger partial charge in [-0.15, -0.1) is 0 Å². The van der Waals surface area contributed by atoms with Crippen molar-refractivity contribution in [2.45, 2.75) is 9.79 Å². The summed E-state index contributed by atoms with van der Waals surface area (Å²) in [6, 6.07) is 1.97. The fourth-order valence-electron chi connectivity index (χ4n) is 1.57. The van der Waals surface area contributed by atoms with Gasteiger partial charge in [-0.25, -0.2) is 22.0 Å². The van der Waals surface area contributed by atoms with E-state index in [0.717, 1.165) is 12.1 Å². The quantitative estimate of drug-likeness (QED) is 0.394. The molecule has 0 bridgehead atoms. The topological polar surface area (TPSA) is 167 Å². The van der Waals surface area contributed by atoms with Gasteiger partial charge in [0.2, 0.25) is 20.0 Å². The van der Waals surface area contributed by atoms with E-state index < -0.39 is 24.9 Å². The maximum absolute atomic E-state index is 11.7. The van der Waals surface area contributed by atoms with Crippen LogP contribution in [0.25, 0.3) is 10.4 Å². The van der Waals surface area contributed by atoms with Crippen LogP contribution in [0.15, 0.2) is 27.0 Å². The molecule has 0 atom stereocenters. The average Bonchev–Trinajstić information content (AvgIpc) is 2.26. The lowest BCUT2D eigenvalue weighted by Crippen LogP contribution is -2.34. The van der Waals surface area contributed by atoms with Gasteiger partial charge in [-0.2, -0.15) is 4.72 Å². The molecule has 4 N–H and O–H groups in total. The van der Waals surface area contributed by atoms with Crippen LogP contribution in [0.4, 0.5) is 11.4 Å². The summed E-state index contributed by atoms with van der Waals surface area (Å²) in [5.74, 6) is 0.